The lowest BCUT2D eigenvalue weighted by atomic mass is 9.82. The Hall–Kier alpha value is -2.24. The highest BCUT2D eigenvalue weighted by atomic mass is 32.1. The fraction of sp³-hybridized carbons (Fsp3) is 0.500. The van der Waals surface area contributed by atoms with Gasteiger partial charge in [-0.05, 0) is 46.9 Å². The van der Waals surface area contributed by atoms with Gasteiger partial charge in [0.15, 0.2) is 0 Å². The molecule has 0 aliphatic rings. The summed E-state index contributed by atoms with van der Waals surface area (Å²) in [5.41, 5.74) is -1.36. The Morgan fingerprint density at radius 2 is 1.59 bits per heavy atom. The molecule has 0 spiro atoms. The molecule has 146 valence electrons. The Morgan fingerprint density at radius 1 is 1.07 bits per heavy atom. The Morgan fingerprint density at radius 3 is 2.04 bits per heavy atom. The first kappa shape index (κ1) is 21.1. The van der Waals surface area contributed by atoms with Crippen molar-refractivity contribution in [1.82, 2.24) is 9.97 Å². The van der Waals surface area contributed by atoms with Crippen molar-refractivity contribution >= 4 is 52.3 Å². The zero-order valence-electron chi connectivity index (χ0n) is 16.0. The number of imide groups is 1. The second kappa shape index (κ2) is 7.41. The molecule has 0 bridgehead atoms. The van der Waals surface area contributed by atoms with Crippen LogP contribution in [0.4, 0.5) is 15.5 Å². The van der Waals surface area contributed by atoms with Gasteiger partial charge in [-0.1, -0.05) is 0 Å². The minimum Gasteiger partial charge on any atom is -0.443 e. The van der Waals surface area contributed by atoms with Crippen LogP contribution in [-0.2, 0) is 9.47 Å². The van der Waals surface area contributed by atoms with Crippen molar-refractivity contribution in [2.75, 3.05) is 4.90 Å². The monoisotopic (exact) mass is 395 g/mol. The number of rotatable bonds is 2. The van der Waals surface area contributed by atoms with Gasteiger partial charge in [-0.15, -0.1) is 16.2 Å². The number of nitrogens with zero attached hydrogens (tertiary/aromatic N) is 3. The Labute approximate surface area is 161 Å². The molecular weight excluding hydrogens is 373 g/mol. The zero-order valence-corrected chi connectivity index (χ0v) is 16.8. The summed E-state index contributed by atoms with van der Waals surface area (Å²) in [5.74, 6) is -0.286. The van der Waals surface area contributed by atoms with E-state index in [1.165, 1.54) is 22.9 Å². The van der Waals surface area contributed by atoms with Crippen molar-refractivity contribution in [2.45, 2.75) is 52.7 Å². The number of carbonyl (C=O) groups is 2. The lowest BCUT2D eigenvalue weighted by molar-refractivity contribution is 0.0427. The van der Waals surface area contributed by atoms with E-state index < -0.39 is 30.5 Å². The van der Waals surface area contributed by atoms with Gasteiger partial charge in [-0.3, -0.25) is 0 Å². The van der Waals surface area contributed by atoms with Crippen LogP contribution >= 0.6 is 11.3 Å². The third-order valence-corrected chi connectivity index (χ3v) is 3.88. The zero-order chi connectivity index (χ0) is 20.6. The van der Waals surface area contributed by atoms with Crippen molar-refractivity contribution in [3.63, 3.8) is 0 Å². The van der Waals surface area contributed by atoms with Gasteiger partial charge in [-0.2, -0.15) is 0 Å². The molecule has 11 heteroatoms. The summed E-state index contributed by atoms with van der Waals surface area (Å²) in [6.07, 6.45) is -0.620. The number of hydrogen-bond acceptors (Lipinski definition) is 9. The molecule has 2 heterocycles. The number of thiophene rings is 1. The molecule has 9 nitrogen and oxygen atoms in total. The highest BCUT2D eigenvalue weighted by Crippen LogP contribution is 2.22. The summed E-state index contributed by atoms with van der Waals surface area (Å²) >= 11 is 1.20. The molecule has 27 heavy (non-hydrogen) atoms. The van der Waals surface area contributed by atoms with E-state index in [0.717, 1.165) is 0 Å². The van der Waals surface area contributed by atoms with Gasteiger partial charge in [-0.25, -0.2) is 19.6 Å². The van der Waals surface area contributed by atoms with Crippen LogP contribution in [0.15, 0.2) is 11.6 Å². The lowest BCUT2D eigenvalue weighted by Crippen LogP contribution is -2.44. The molecule has 0 fully saturated rings. The molecule has 0 atom stereocenters. The standard InChI is InChI=1S/C16H22BN3O6S/c1-15(2,3)25-13(21)20(14(22)26-16(4,5)6)12-18-7-10-11(19-12)9(8-27-10)17(23)24/h7-8,23-24H,1-6H3. The van der Waals surface area contributed by atoms with Crippen LogP contribution in [0.5, 0.6) is 0 Å². The van der Waals surface area contributed by atoms with Crippen molar-refractivity contribution in [3.8, 4) is 0 Å². The summed E-state index contributed by atoms with van der Waals surface area (Å²) in [7, 11) is -1.75. The number of amides is 2. The third kappa shape index (κ3) is 5.38. The smallest absolute Gasteiger partial charge is 0.443 e. The van der Waals surface area contributed by atoms with E-state index in [2.05, 4.69) is 9.97 Å². The van der Waals surface area contributed by atoms with Crippen LogP contribution in [0.25, 0.3) is 10.2 Å². The van der Waals surface area contributed by atoms with Crippen molar-refractivity contribution in [3.05, 3.63) is 11.6 Å². The Balaban J connectivity index is 2.52. The molecule has 0 saturated carbocycles. The summed E-state index contributed by atoms with van der Waals surface area (Å²) < 4.78 is 11.1. The van der Waals surface area contributed by atoms with E-state index in [0.29, 0.717) is 9.60 Å². The van der Waals surface area contributed by atoms with Crippen LogP contribution in [0.2, 0.25) is 0 Å². The molecule has 0 aromatic carbocycles. The molecule has 2 rings (SSSR count). The normalized spacial score (nSPS) is 12.0. The fourth-order valence-corrected chi connectivity index (χ4v) is 2.86. The van der Waals surface area contributed by atoms with Crippen LogP contribution in [0, 0.1) is 0 Å². The van der Waals surface area contributed by atoms with Gasteiger partial charge in [0.25, 0.3) is 0 Å². The topological polar surface area (TPSA) is 122 Å². The Bertz CT molecular complexity index is 828. The first-order valence-corrected chi connectivity index (χ1v) is 9.03. The van der Waals surface area contributed by atoms with E-state index in [-0.39, 0.29) is 16.9 Å². The molecule has 0 unspecified atom stereocenters. The van der Waals surface area contributed by atoms with Crippen LogP contribution in [0.3, 0.4) is 0 Å². The highest BCUT2D eigenvalue weighted by Gasteiger charge is 2.35. The van der Waals surface area contributed by atoms with Gasteiger partial charge in [0, 0.05) is 5.46 Å². The second-order valence-electron chi connectivity index (χ2n) is 7.74. The number of anilines is 1. The third-order valence-electron chi connectivity index (χ3n) is 2.96. The van der Waals surface area contributed by atoms with Crippen LogP contribution in [0.1, 0.15) is 41.5 Å². The maximum Gasteiger partial charge on any atom is 0.491 e. The largest absolute Gasteiger partial charge is 0.491 e. The van der Waals surface area contributed by atoms with E-state index in [9.17, 15) is 19.6 Å². The second-order valence-corrected chi connectivity index (χ2v) is 8.65. The van der Waals surface area contributed by atoms with Crippen LogP contribution < -0.4 is 10.4 Å². The minimum absolute atomic E-state index is 0.145. The van der Waals surface area contributed by atoms with Gasteiger partial charge in [0.1, 0.15) is 11.2 Å². The molecule has 0 aliphatic heterocycles. The molecule has 0 saturated heterocycles. The van der Waals surface area contributed by atoms with Gasteiger partial charge >= 0.3 is 19.3 Å². The summed E-state index contributed by atoms with van der Waals surface area (Å²) in [6, 6.07) is 0. The number of aromatic nitrogens is 2. The molecular formula is C16H22BN3O6S. The van der Waals surface area contributed by atoms with Crippen molar-refractivity contribution in [1.29, 1.82) is 0 Å². The molecule has 2 N–H and O–H groups in total. The molecule has 2 aromatic heterocycles. The maximum atomic E-state index is 12.6. The highest BCUT2D eigenvalue weighted by molar-refractivity contribution is 7.18. The number of carbonyl (C=O) groups excluding carboxylic acids is 2. The Kier molecular flexibility index (Phi) is 5.78. The van der Waals surface area contributed by atoms with Gasteiger partial charge in [0.05, 0.1) is 16.4 Å². The van der Waals surface area contributed by atoms with Crippen molar-refractivity contribution in [2.24, 2.45) is 0 Å². The van der Waals surface area contributed by atoms with Crippen LogP contribution in [-0.4, -0.2) is 50.5 Å². The van der Waals surface area contributed by atoms with E-state index in [4.69, 9.17) is 9.47 Å². The van der Waals surface area contributed by atoms with E-state index >= 15 is 0 Å². The molecule has 2 aromatic rings. The van der Waals surface area contributed by atoms with E-state index in [1.807, 2.05) is 0 Å². The number of hydrogen-bond donors (Lipinski definition) is 2. The quantitative estimate of drug-likeness (QED) is 0.741. The predicted octanol–water partition coefficient (Wildman–Crippen LogP) is 2.05. The minimum atomic E-state index is -1.75. The molecule has 0 aliphatic carbocycles. The average molecular weight is 395 g/mol. The van der Waals surface area contributed by atoms with Gasteiger partial charge < -0.3 is 19.5 Å². The summed E-state index contributed by atoms with van der Waals surface area (Å²) in [4.78, 5) is 34.0. The number of ether oxygens (including phenoxy) is 2. The predicted molar refractivity (Wildman–Crippen MR) is 102 cm³/mol. The molecule has 0 radical (unpaired) electrons. The van der Waals surface area contributed by atoms with Crippen molar-refractivity contribution < 1.29 is 29.1 Å². The first-order valence-electron chi connectivity index (χ1n) is 8.15. The number of fused-ring (bicyclic) bond motifs is 1. The van der Waals surface area contributed by atoms with Gasteiger partial charge in [0.2, 0.25) is 5.95 Å². The average Bonchev–Trinajstić information content (AvgIpc) is 2.86. The fourth-order valence-electron chi connectivity index (χ4n) is 1.98. The van der Waals surface area contributed by atoms with E-state index in [1.54, 1.807) is 41.5 Å². The lowest BCUT2D eigenvalue weighted by Gasteiger charge is -2.27. The summed E-state index contributed by atoms with van der Waals surface area (Å²) in [5, 5.41) is 20.5. The molecule has 2 amide bonds. The maximum absolute atomic E-state index is 12.6. The summed E-state index contributed by atoms with van der Waals surface area (Å²) in [6.45, 7) is 9.92. The SMILES string of the molecule is CC(C)(C)OC(=O)N(C(=O)OC(C)(C)C)c1ncc2scc(B(O)O)c2n1. The first-order chi connectivity index (χ1) is 12.3.